The van der Waals surface area contributed by atoms with Gasteiger partial charge in [0, 0.05) is 0 Å². The van der Waals surface area contributed by atoms with Crippen LogP contribution in [0.5, 0.6) is 17.2 Å². The van der Waals surface area contributed by atoms with Gasteiger partial charge in [0.05, 0.1) is 0 Å². The predicted octanol–water partition coefficient (Wildman–Crippen LogP) is 4.22. The summed E-state index contributed by atoms with van der Waals surface area (Å²) in [6, 6.07) is 16.1. The average Bonchev–Trinajstić information content (AvgIpc) is 3.22. The van der Waals surface area contributed by atoms with Crippen LogP contribution < -0.4 is 18.7 Å². The Morgan fingerprint density at radius 3 is 2.20 bits per heavy atom. The third kappa shape index (κ3) is 5.01. The number of ketones is 1. The van der Waals surface area contributed by atoms with Gasteiger partial charge in [0.2, 0.25) is 0 Å². The number of rotatable bonds is 10. The topological polar surface area (TPSA) is 44.8 Å². The number of carbonyl (C=O) groups is 1. The first-order valence-electron chi connectivity index (χ1n) is 9.79. The molecular formula is C24H26O4Se2. The van der Waals surface area contributed by atoms with Crippen LogP contribution >= 0.6 is 0 Å². The first-order valence-corrected chi connectivity index (χ1v) is 13.6. The van der Waals surface area contributed by atoms with E-state index < -0.39 is 0 Å². The second-order valence-corrected chi connectivity index (χ2v) is 11.2. The van der Waals surface area contributed by atoms with Crippen LogP contribution in [-0.4, -0.2) is 56.6 Å². The summed E-state index contributed by atoms with van der Waals surface area (Å²) >= 11 is 0.350. The van der Waals surface area contributed by atoms with Crippen LogP contribution in [-0.2, 0) is 0 Å². The molecule has 2 aromatic carbocycles. The summed E-state index contributed by atoms with van der Waals surface area (Å²) in [4.78, 5) is 13.4. The number of carbonyl (C=O) groups excluding carboxylic acids is 1. The molecule has 0 spiro atoms. The molecule has 6 heteroatoms. The number of benzene rings is 2. The van der Waals surface area contributed by atoms with Crippen LogP contribution in [0.4, 0.5) is 0 Å². The first-order chi connectivity index (χ1) is 14.6. The van der Waals surface area contributed by atoms with Gasteiger partial charge in [-0.1, -0.05) is 0 Å². The molecule has 0 radical (unpaired) electrons. The summed E-state index contributed by atoms with van der Waals surface area (Å²) in [7, 11) is 4.69. The molecule has 0 aliphatic rings. The molecule has 0 bridgehead atoms. The Hall–Kier alpha value is -1.97. The van der Waals surface area contributed by atoms with Crippen molar-refractivity contribution in [3.05, 3.63) is 58.5 Å². The third-order valence-electron chi connectivity index (χ3n) is 4.64. The molecule has 0 atom stereocenters. The molecule has 30 heavy (non-hydrogen) atoms. The summed E-state index contributed by atoms with van der Waals surface area (Å²) in [6.07, 6.45) is 2.42. The maximum absolute atomic E-state index is 13.4. The molecule has 4 nitrogen and oxygen atoms in total. The zero-order chi connectivity index (χ0) is 21.5. The molecule has 0 aliphatic carbocycles. The van der Waals surface area contributed by atoms with Crippen molar-refractivity contribution < 1.29 is 19.0 Å². The van der Waals surface area contributed by atoms with Crippen molar-refractivity contribution in [1.82, 2.24) is 0 Å². The van der Waals surface area contributed by atoms with Crippen molar-refractivity contribution in [2.75, 3.05) is 21.3 Å². The van der Waals surface area contributed by atoms with E-state index in [1.54, 1.807) is 33.5 Å². The minimum atomic E-state index is -0.0257. The first kappa shape index (κ1) is 22.7. The molecule has 1 heterocycles. The van der Waals surface area contributed by atoms with E-state index in [1.807, 2.05) is 6.07 Å². The molecule has 0 N–H and O–H groups in total. The zero-order valence-electron chi connectivity index (χ0n) is 17.7. The summed E-state index contributed by atoms with van der Waals surface area (Å²) < 4.78 is 19.8. The SMILES string of the molecule is CCCC[Se]c1cc(C(=O)c2cc(OC)c(OC)c(OC)c2)[se]c1-c1ccccc1. The van der Waals surface area contributed by atoms with Gasteiger partial charge in [-0.3, -0.25) is 0 Å². The summed E-state index contributed by atoms with van der Waals surface area (Å²) in [6.45, 7) is 2.22. The van der Waals surface area contributed by atoms with Crippen molar-refractivity contribution in [3.63, 3.8) is 0 Å². The van der Waals surface area contributed by atoms with Crippen molar-refractivity contribution in [3.8, 4) is 27.2 Å². The van der Waals surface area contributed by atoms with Gasteiger partial charge in [0.15, 0.2) is 0 Å². The molecule has 0 saturated carbocycles. The van der Waals surface area contributed by atoms with E-state index in [0.717, 1.165) is 4.44 Å². The van der Waals surface area contributed by atoms with Gasteiger partial charge in [-0.25, -0.2) is 0 Å². The normalized spacial score (nSPS) is 10.7. The van der Waals surface area contributed by atoms with E-state index in [1.165, 1.54) is 32.6 Å². The van der Waals surface area contributed by atoms with Crippen LogP contribution in [0.3, 0.4) is 0 Å². The fraction of sp³-hybridized carbons (Fsp3) is 0.292. The predicted molar refractivity (Wildman–Crippen MR) is 123 cm³/mol. The van der Waals surface area contributed by atoms with Crippen LogP contribution in [0.2, 0.25) is 5.32 Å². The van der Waals surface area contributed by atoms with Crippen molar-refractivity contribution in [2.45, 2.75) is 25.1 Å². The van der Waals surface area contributed by atoms with Crippen molar-refractivity contribution >= 4 is 39.7 Å². The van der Waals surface area contributed by atoms with E-state index >= 15 is 0 Å². The van der Waals surface area contributed by atoms with Crippen LogP contribution in [0, 0.1) is 0 Å². The summed E-state index contributed by atoms with van der Waals surface area (Å²) in [5.41, 5.74) is 1.79. The number of methoxy groups -OCH3 is 3. The molecule has 3 rings (SSSR count). The zero-order valence-corrected chi connectivity index (χ0v) is 21.1. The van der Waals surface area contributed by atoms with Gasteiger partial charge in [-0.2, -0.15) is 0 Å². The van der Waals surface area contributed by atoms with Gasteiger partial charge >= 0.3 is 191 Å². The molecule has 0 fully saturated rings. The van der Waals surface area contributed by atoms with E-state index in [9.17, 15) is 4.79 Å². The Morgan fingerprint density at radius 2 is 1.63 bits per heavy atom. The number of hydrogen-bond donors (Lipinski definition) is 0. The molecule has 0 unspecified atom stereocenters. The second-order valence-electron chi connectivity index (χ2n) is 6.62. The molecule has 0 amide bonds. The van der Waals surface area contributed by atoms with Crippen LogP contribution in [0.1, 0.15) is 34.6 Å². The van der Waals surface area contributed by atoms with Crippen molar-refractivity contribution in [2.24, 2.45) is 0 Å². The molecule has 158 valence electrons. The van der Waals surface area contributed by atoms with Crippen LogP contribution in [0.15, 0.2) is 48.5 Å². The molecule has 0 saturated heterocycles. The molecule has 3 aromatic rings. The molecule has 0 aliphatic heterocycles. The minimum absolute atomic E-state index is 0.0257. The Balaban J connectivity index is 2.02. The molecular weight excluding hydrogens is 510 g/mol. The molecule has 1 aromatic heterocycles. The van der Waals surface area contributed by atoms with E-state index in [4.69, 9.17) is 14.2 Å². The fourth-order valence-corrected chi connectivity index (χ4v) is 9.00. The van der Waals surface area contributed by atoms with Gasteiger partial charge < -0.3 is 0 Å². The Bertz CT molecular complexity index is 971. The Morgan fingerprint density at radius 1 is 0.967 bits per heavy atom. The fourth-order valence-electron chi connectivity index (χ4n) is 3.07. The van der Waals surface area contributed by atoms with Gasteiger partial charge in [-0.15, -0.1) is 0 Å². The number of ether oxygens (including phenoxy) is 3. The van der Waals surface area contributed by atoms with Gasteiger partial charge in [-0.05, 0) is 0 Å². The van der Waals surface area contributed by atoms with E-state index in [-0.39, 0.29) is 20.3 Å². The monoisotopic (exact) mass is 538 g/mol. The van der Waals surface area contributed by atoms with Crippen molar-refractivity contribution in [1.29, 1.82) is 0 Å². The van der Waals surface area contributed by atoms with Gasteiger partial charge in [0.25, 0.3) is 0 Å². The quantitative estimate of drug-likeness (QED) is 0.221. The van der Waals surface area contributed by atoms with E-state index in [0.29, 0.717) is 37.8 Å². The van der Waals surface area contributed by atoms with Gasteiger partial charge in [0.1, 0.15) is 0 Å². The number of unbranched alkanes of at least 4 members (excludes halogenated alkanes) is 1. The standard InChI is InChI=1S/C24H26O4Se2/c1-5-6-12-29-21-15-20(30-24(21)16-10-8-7-9-11-16)22(25)17-13-18(26-2)23(28-4)19(14-17)27-3/h7-11,13-15H,5-6,12H2,1-4H3. The second kappa shape index (κ2) is 10.9. The number of hydrogen-bond acceptors (Lipinski definition) is 4. The Labute approximate surface area is 190 Å². The maximum atomic E-state index is 13.4. The third-order valence-corrected chi connectivity index (χ3v) is 10.1. The average molecular weight is 536 g/mol. The van der Waals surface area contributed by atoms with Crippen LogP contribution in [0.25, 0.3) is 10.0 Å². The Kier molecular flexibility index (Phi) is 8.23. The summed E-state index contributed by atoms with van der Waals surface area (Å²) in [5.74, 6) is 1.52. The summed E-state index contributed by atoms with van der Waals surface area (Å²) in [5, 5.41) is 1.20. The van der Waals surface area contributed by atoms with E-state index in [2.05, 4.69) is 37.3 Å².